The molecule has 1 heterocycles. The number of hydrogen-bond acceptors (Lipinski definition) is 3. The average molecular weight is 220 g/mol. The van der Waals surface area contributed by atoms with Crippen molar-refractivity contribution in [2.75, 3.05) is 11.9 Å². The lowest BCUT2D eigenvalue weighted by Gasteiger charge is -2.15. The molecule has 0 fully saturated rings. The number of rotatable bonds is 3. The van der Waals surface area contributed by atoms with Crippen molar-refractivity contribution in [1.82, 2.24) is 0 Å². The van der Waals surface area contributed by atoms with E-state index in [2.05, 4.69) is 24.4 Å². The van der Waals surface area contributed by atoms with Crippen LogP contribution in [0.2, 0.25) is 0 Å². The van der Waals surface area contributed by atoms with Gasteiger partial charge in [0.05, 0.1) is 0 Å². The van der Waals surface area contributed by atoms with Crippen LogP contribution in [0.4, 0.5) is 5.69 Å². The van der Waals surface area contributed by atoms with Crippen molar-refractivity contribution in [3.63, 3.8) is 0 Å². The summed E-state index contributed by atoms with van der Waals surface area (Å²) in [5.41, 5.74) is 8.95. The SMILES string of the molecule is CCc1ccc2c(c1)C(C(N)C(=O)O)CN2. The van der Waals surface area contributed by atoms with Crippen LogP contribution in [-0.2, 0) is 11.2 Å². The maximum absolute atomic E-state index is 10.9. The van der Waals surface area contributed by atoms with E-state index >= 15 is 0 Å². The summed E-state index contributed by atoms with van der Waals surface area (Å²) in [6.45, 7) is 2.69. The van der Waals surface area contributed by atoms with Crippen LogP contribution < -0.4 is 11.1 Å². The van der Waals surface area contributed by atoms with Crippen molar-refractivity contribution >= 4 is 11.7 Å². The number of aryl methyl sites for hydroxylation is 1. The van der Waals surface area contributed by atoms with Crippen molar-refractivity contribution in [2.45, 2.75) is 25.3 Å². The molecule has 0 spiro atoms. The molecule has 1 aliphatic heterocycles. The van der Waals surface area contributed by atoms with E-state index < -0.39 is 12.0 Å². The van der Waals surface area contributed by atoms with Gasteiger partial charge in [0.25, 0.3) is 0 Å². The van der Waals surface area contributed by atoms with Crippen LogP contribution in [0.15, 0.2) is 18.2 Å². The molecule has 86 valence electrons. The summed E-state index contributed by atoms with van der Waals surface area (Å²) in [6.07, 6.45) is 0.947. The summed E-state index contributed by atoms with van der Waals surface area (Å²) < 4.78 is 0. The second kappa shape index (κ2) is 4.14. The highest BCUT2D eigenvalue weighted by atomic mass is 16.4. The Balaban J connectivity index is 2.34. The first kappa shape index (κ1) is 11.0. The standard InChI is InChI=1S/C12H16N2O2/c1-2-7-3-4-10-8(5-7)9(6-14-10)11(13)12(15)16/h3-5,9,11,14H,2,6,13H2,1H3,(H,15,16). The zero-order valence-electron chi connectivity index (χ0n) is 9.23. The van der Waals surface area contributed by atoms with Crippen molar-refractivity contribution in [2.24, 2.45) is 5.73 Å². The first-order valence-corrected chi connectivity index (χ1v) is 5.48. The minimum atomic E-state index is -0.943. The lowest BCUT2D eigenvalue weighted by molar-refractivity contribution is -0.138. The molecule has 4 N–H and O–H groups in total. The van der Waals surface area contributed by atoms with Gasteiger partial charge in [-0.05, 0) is 23.6 Å². The monoisotopic (exact) mass is 220 g/mol. The van der Waals surface area contributed by atoms with E-state index in [9.17, 15) is 4.79 Å². The molecule has 4 heteroatoms. The molecule has 1 aromatic carbocycles. The van der Waals surface area contributed by atoms with Gasteiger partial charge in [-0.15, -0.1) is 0 Å². The number of benzene rings is 1. The summed E-state index contributed by atoms with van der Waals surface area (Å²) in [5, 5.41) is 12.1. The molecule has 2 rings (SSSR count). The van der Waals surface area contributed by atoms with Gasteiger partial charge < -0.3 is 16.2 Å². The number of carboxylic acid groups (broad SMARTS) is 1. The molecule has 0 saturated heterocycles. The van der Waals surface area contributed by atoms with Crippen LogP contribution in [0.25, 0.3) is 0 Å². The van der Waals surface area contributed by atoms with Gasteiger partial charge in [0.15, 0.2) is 0 Å². The molecule has 0 amide bonds. The van der Waals surface area contributed by atoms with Gasteiger partial charge in [0.2, 0.25) is 0 Å². The van der Waals surface area contributed by atoms with Crippen molar-refractivity contribution < 1.29 is 9.90 Å². The second-order valence-electron chi connectivity index (χ2n) is 4.13. The smallest absolute Gasteiger partial charge is 0.321 e. The Morgan fingerprint density at radius 3 is 3.06 bits per heavy atom. The number of carbonyl (C=O) groups is 1. The largest absolute Gasteiger partial charge is 0.480 e. The predicted molar refractivity (Wildman–Crippen MR) is 62.7 cm³/mol. The van der Waals surface area contributed by atoms with E-state index in [0.717, 1.165) is 17.7 Å². The Morgan fingerprint density at radius 1 is 1.69 bits per heavy atom. The molecule has 0 aliphatic carbocycles. The first-order chi connectivity index (χ1) is 7.63. The van der Waals surface area contributed by atoms with Crippen LogP contribution in [0.3, 0.4) is 0 Å². The Labute approximate surface area is 94.5 Å². The van der Waals surface area contributed by atoms with E-state index in [-0.39, 0.29) is 5.92 Å². The average Bonchev–Trinajstić information content (AvgIpc) is 2.70. The molecule has 2 unspecified atom stereocenters. The van der Waals surface area contributed by atoms with E-state index in [1.54, 1.807) is 0 Å². The number of nitrogens with one attached hydrogen (secondary N) is 1. The van der Waals surface area contributed by atoms with Gasteiger partial charge in [-0.2, -0.15) is 0 Å². The maximum Gasteiger partial charge on any atom is 0.321 e. The maximum atomic E-state index is 10.9. The molecule has 0 radical (unpaired) electrons. The van der Waals surface area contributed by atoms with E-state index in [4.69, 9.17) is 10.8 Å². The number of aliphatic carboxylic acids is 1. The molecule has 0 bridgehead atoms. The number of anilines is 1. The fraction of sp³-hybridized carbons (Fsp3) is 0.417. The molecule has 16 heavy (non-hydrogen) atoms. The van der Waals surface area contributed by atoms with Crippen molar-refractivity contribution in [3.05, 3.63) is 29.3 Å². The first-order valence-electron chi connectivity index (χ1n) is 5.48. The Kier molecular flexibility index (Phi) is 2.83. The third-order valence-electron chi connectivity index (χ3n) is 3.15. The van der Waals surface area contributed by atoms with Gasteiger partial charge in [-0.25, -0.2) is 0 Å². The minimum Gasteiger partial charge on any atom is -0.480 e. The quantitative estimate of drug-likeness (QED) is 0.714. The summed E-state index contributed by atoms with van der Waals surface area (Å²) >= 11 is 0. The third-order valence-corrected chi connectivity index (χ3v) is 3.15. The van der Waals surface area contributed by atoms with Crippen molar-refractivity contribution in [3.8, 4) is 0 Å². The third kappa shape index (κ3) is 1.76. The van der Waals surface area contributed by atoms with Crippen LogP contribution in [0, 0.1) is 0 Å². The van der Waals surface area contributed by atoms with Gasteiger partial charge in [-0.1, -0.05) is 19.1 Å². The summed E-state index contributed by atoms with van der Waals surface area (Å²) in [4.78, 5) is 10.9. The number of hydrogen-bond donors (Lipinski definition) is 3. The van der Waals surface area contributed by atoms with Crippen LogP contribution in [0.1, 0.15) is 24.0 Å². The van der Waals surface area contributed by atoms with Crippen LogP contribution in [0.5, 0.6) is 0 Å². The molecular formula is C12H16N2O2. The lowest BCUT2D eigenvalue weighted by atomic mass is 9.92. The molecular weight excluding hydrogens is 204 g/mol. The highest BCUT2D eigenvalue weighted by Gasteiger charge is 2.31. The van der Waals surface area contributed by atoms with Crippen molar-refractivity contribution in [1.29, 1.82) is 0 Å². The van der Waals surface area contributed by atoms with E-state index in [1.165, 1.54) is 5.56 Å². The molecule has 0 saturated carbocycles. The van der Waals surface area contributed by atoms with Crippen LogP contribution in [-0.4, -0.2) is 23.7 Å². The minimum absolute atomic E-state index is 0.126. The Hall–Kier alpha value is -1.55. The normalized spacial score (nSPS) is 20.0. The lowest BCUT2D eigenvalue weighted by Crippen LogP contribution is -2.37. The molecule has 0 aromatic heterocycles. The fourth-order valence-electron chi connectivity index (χ4n) is 2.12. The van der Waals surface area contributed by atoms with E-state index in [1.807, 2.05) is 6.07 Å². The summed E-state index contributed by atoms with van der Waals surface area (Å²) in [5.74, 6) is -1.07. The number of carboxylic acids is 1. The van der Waals surface area contributed by atoms with Gasteiger partial charge in [-0.3, -0.25) is 4.79 Å². The van der Waals surface area contributed by atoms with Gasteiger partial charge in [0, 0.05) is 18.2 Å². The van der Waals surface area contributed by atoms with Crippen LogP contribution >= 0.6 is 0 Å². The topological polar surface area (TPSA) is 75.4 Å². The zero-order valence-corrected chi connectivity index (χ0v) is 9.23. The van der Waals surface area contributed by atoms with E-state index in [0.29, 0.717) is 6.54 Å². The number of nitrogens with two attached hydrogens (primary N) is 1. The summed E-state index contributed by atoms with van der Waals surface area (Å²) in [6, 6.07) is 5.28. The number of fused-ring (bicyclic) bond motifs is 1. The Bertz CT molecular complexity index is 417. The fourth-order valence-corrected chi connectivity index (χ4v) is 2.12. The predicted octanol–water partition coefficient (Wildman–Crippen LogP) is 1.17. The zero-order chi connectivity index (χ0) is 11.7. The molecule has 2 atom stereocenters. The highest BCUT2D eigenvalue weighted by molar-refractivity contribution is 5.76. The highest BCUT2D eigenvalue weighted by Crippen LogP contribution is 2.33. The van der Waals surface area contributed by atoms with Gasteiger partial charge in [0.1, 0.15) is 6.04 Å². The Morgan fingerprint density at radius 2 is 2.44 bits per heavy atom. The second-order valence-corrected chi connectivity index (χ2v) is 4.13. The van der Waals surface area contributed by atoms with Gasteiger partial charge >= 0.3 is 5.97 Å². The summed E-state index contributed by atoms with van der Waals surface area (Å²) in [7, 11) is 0. The molecule has 1 aromatic rings. The molecule has 4 nitrogen and oxygen atoms in total. The molecule has 1 aliphatic rings.